The molecule has 1 fully saturated rings. The molecule has 0 heterocycles. The van der Waals surface area contributed by atoms with Crippen molar-refractivity contribution in [3.63, 3.8) is 0 Å². The van der Waals surface area contributed by atoms with Crippen LogP contribution in [0.3, 0.4) is 0 Å². The number of alkyl halides is 1. The second-order valence-corrected chi connectivity index (χ2v) is 5.85. The van der Waals surface area contributed by atoms with Crippen molar-refractivity contribution in [2.45, 2.75) is 69.0 Å². The van der Waals surface area contributed by atoms with Crippen LogP contribution in [0.5, 0.6) is 0 Å². The largest absolute Gasteiger partial charge is 0.0853 e. The Hall–Kier alpha value is 0.480. The smallest absolute Gasteiger partial charge is 0.0258 e. The van der Waals surface area contributed by atoms with Gasteiger partial charge in [0, 0.05) is 4.32 Å². The van der Waals surface area contributed by atoms with Crippen LogP contribution in [0.25, 0.3) is 0 Å². The molecule has 0 saturated heterocycles. The lowest BCUT2D eigenvalue weighted by molar-refractivity contribution is 0.375. The molecule has 0 radical (unpaired) electrons. The monoisotopic (exact) mass is 232 g/mol. The fourth-order valence-corrected chi connectivity index (χ4v) is 2.97. The summed E-state index contributed by atoms with van der Waals surface area (Å²) in [7, 11) is 0. The topological polar surface area (TPSA) is 0 Å². The van der Waals surface area contributed by atoms with Crippen molar-refractivity contribution in [2.24, 2.45) is 0 Å². The van der Waals surface area contributed by atoms with Crippen molar-refractivity contribution in [2.75, 3.05) is 0 Å². The number of halogens is 1. The van der Waals surface area contributed by atoms with Gasteiger partial charge < -0.3 is 0 Å². The van der Waals surface area contributed by atoms with Gasteiger partial charge in [-0.3, -0.25) is 0 Å². The normalized spacial score (nSPS) is 22.5. The first-order valence-electron chi connectivity index (χ1n) is 5.46. The molecular weight excluding hydrogens is 212 g/mol. The molecule has 1 aliphatic carbocycles. The van der Waals surface area contributed by atoms with E-state index < -0.39 is 0 Å². The van der Waals surface area contributed by atoms with E-state index in [0.717, 1.165) is 0 Å². The lowest BCUT2D eigenvalue weighted by atomic mass is 9.85. The van der Waals surface area contributed by atoms with Gasteiger partial charge in [0.2, 0.25) is 0 Å². The second kappa shape index (κ2) is 5.26. The molecule has 0 aliphatic heterocycles. The van der Waals surface area contributed by atoms with E-state index in [1.54, 1.807) is 0 Å². The summed E-state index contributed by atoms with van der Waals surface area (Å²) in [4.78, 5) is 0. The van der Waals surface area contributed by atoms with Crippen LogP contribution in [-0.4, -0.2) is 4.32 Å². The summed E-state index contributed by atoms with van der Waals surface area (Å²) >= 11 is 3.93. The third kappa shape index (κ3) is 3.47. The Bertz CT molecular complexity index is 114. The molecule has 72 valence electrons. The van der Waals surface area contributed by atoms with Gasteiger partial charge in [-0.05, 0) is 19.3 Å². The van der Waals surface area contributed by atoms with E-state index in [9.17, 15) is 0 Å². The van der Waals surface area contributed by atoms with Gasteiger partial charge in [0.15, 0.2) is 0 Å². The van der Waals surface area contributed by atoms with Gasteiger partial charge >= 0.3 is 0 Å². The van der Waals surface area contributed by atoms with Gasteiger partial charge in [0.25, 0.3) is 0 Å². The van der Waals surface area contributed by atoms with Crippen molar-refractivity contribution in [1.29, 1.82) is 0 Å². The number of hydrogen-bond acceptors (Lipinski definition) is 0. The maximum Gasteiger partial charge on any atom is 0.0258 e. The van der Waals surface area contributed by atoms with E-state index >= 15 is 0 Å². The quantitative estimate of drug-likeness (QED) is 0.489. The highest BCUT2D eigenvalue weighted by molar-refractivity contribution is 9.10. The average molecular weight is 233 g/mol. The van der Waals surface area contributed by atoms with Crippen LogP contribution in [0, 0.1) is 0 Å². The molecule has 0 atom stereocenters. The van der Waals surface area contributed by atoms with Crippen LogP contribution in [-0.2, 0) is 0 Å². The van der Waals surface area contributed by atoms with Crippen LogP contribution in [0.2, 0.25) is 0 Å². The predicted octanol–water partition coefficient (Wildman–Crippen LogP) is 4.66. The molecule has 1 saturated carbocycles. The Kier molecular flexibility index (Phi) is 4.63. The van der Waals surface area contributed by atoms with E-state index in [4.69, 9.17) is 0 Å². The zero-order valence-electron chi connectivity index (χ0n) is 8.24. The number of rotatable bonds is 4. The summed E-state index contributed by atoms with van der Waals surface area (Å²) in [5.41, 5.74) is 0. The maximum atomic E-state index is 3.93. The van der Waals surface area contributed by atoms with E-state index in [1.807, 2.05) is 0 Å². The van der Waals surface area contributed by atoms with Crippen LogP contribution in [0.4, 0.5) is 0 Å². The number of unbranched alkanes of at least 4 members (excludes halogenated alkanes) is 2. The standard InChI is InChI=1S/C11H21Br/c1-2-3-5-8-11(12)9-6-4-7-10-11/h2-10H2,1H3. The molecule has 1 rings (SSSR count). The summed E-state index contributed by atoms with van der Waals surface area (Å²) in [6.07, 6.45) is 12.8. The Morgan fingerprint density at radius 2 is 1.75 bits per heavy atom. The first-order valence-corrected chi connectivity index (χ1v) is 6.25. The molecule has 0 amide bonds. The van der Waals surface area contributed by atoms with E-state index in [1.165, 1.54) is 57.8 Å². The van der Waals surface area contributed by atoms with Crippen LogP contribution in [0.15, 0.2) is 0 Å². The minimum Gasteiger partial charge on any atom is -0.0853 e. The molecule has 0 nitrogen and oxygen atoms in total. The van der Waals surface area contributed by atoms with Crippen LogP contribution >= 0.6 is 15.9 Å². The molecule has 0 bridgehead atoms. The van der Waals surface area contributed by atoms with Gasteiger partial charge in [-0.15, -0.1) is 0 Å². The van der Waals surface area contributed by atoms with Gasteiger partial charge in [-0.1, -0.05) is 61.4 Å². The first kappa shape index (κ1) is 10.6. The molecular formula is C11H21Br. The SMILES string of the molecule is CCCCCC1(Br)CCCCC1. The predicted molar refractivity (Wildman–Crippen MR) is 58.9 cm³/mol. The number of hydrogen-bond donors (Lipinski definition) is 0. The lowest BCUT2D eigenvalue weighted by Crippen LogP contribution is -2.23. The molecule has 12 heavy (non-hydrogen) atoms. The van der Waals surface area contributed by atoms with Crippen molar-refractivity contribution in [3.8, 4) is 0 Å². The Morgan fingerprint density at radius 1 is 1.08 bits per heavy atom. The molecule has 0 aromatic carbocycles. The minimum atomic E-state index is 0.542. The summed E-state index contributed by atoms with van der Waals surface area (Å²) in [6, 6.07) is 0. The summed E-state index contributed by atoms with van der Waals surface area (Å²) in [5, 5.41) is 0. The maximum absolute atomic E-state index is 3.93. The van der Waals surface area contributed by atoms with Gasteiger partial charge in [0.05, 0.1) is 0 Å². The molecule has 0 unspecified atom stereocenters. The molecule has 1 heteroatoms. The summed E-state index contributed by atoms with van der Waals surface area (Å²) in [5.74, 6) is 0. The first-order chi connectivity index (χ1) is 5.77. The molecule has 0 aromatic heterocycles. The fraction of sp³-hybridized carbons (Fsp3) is 1.00. The summed E-state index contributed by atoms with van der Waals surface area (Å²) in [6.45, 7) is 2.28. The highest BCUT2D eigenvalue weighted by Gasteiger charge is 2.27. The second-order valence-electron chi connectivity index (χ2n) is 4.17. The van der Waals surface area contributed by atoms with Gasteiger partial charge in [-0.2, -0.15) is 0 Å². The highest BCUT2D eigenvalue weighted by Crippen LogP contribution is 2.39. The summed E-state index contributed by atoms with van der Waals surface area (Å²) < 4.78 is 0.542. The zero-order chi connectivity index (χ0) is 8.86. The Labute approximate surface area is 85.3 Å². The Morgan fingerprint density at radius 3 is 2.33 bits per heavy atom. The van der Waals surface area contributed by atoms with Gasteiger partial charge in [-0.25, -0.2) is 0 Å². The molecule has 0 aromatic rings. The van der Waals surface area contributed by atoms with Crippen molar-refractivity contribution in [3.05, 3.63) is 0 Å². The van der Waals surface area contributed by atoms with Crippen LogP contribution < -0.4 is 0 Å². The minimum absolute atomic E-state index is 0.542. The van der Waals surface area contributed by atoms with Crippen LogP contribution in [0.1, 0.15) is 64.7 Å². The Balaban J connectivity index is 2.17. The van der Waals surface area contributed by atoms with Gasteiger partial charge in [0.1, 0.15) is 0 Å². The van der Waals surface area contributed by atoms with Crippen molar-refractivity contribution < 1.29 is 0 Å². The molecule has 0 N–H and O–H groups in total. The van der Waals surface area contributed by atoms with E-state index in [-0.39, 0.29) is 0 Å². The van der Waals surface area contributed by atoms with E-state index in [0.29, 0.717) is 4.32 Å². The third-order valence-corrected chi connectivity index (χ3v) is 4.17. The molecule has 1 aliphatic rings. The van der Waals surface area contributed by atoms with Crippen molar-refractivity contribution in [1.82, 2.24) is 0 Å². The highest BCUT2D eigenvalue weighted by atomic mass is 79.9. The molecule has 0 spiro atoms. The third-order valence-electron chi connectivity index (χ3n) is 2.98. The van der Waals surface area contributed by atoms with E-state index in [2.05, 4.69) is 22.9 Å². The fourth-order valence-electron chi connectivity index (χ4n) is 2.13. The average Bonchev–Trinajstić information content (AvgIpc) is 2.06. The van der Waals surface area contributed by atoms with Crippen molar-refractivity contribution >= 4 is 15.9 Å². The lowest BCUT2D eigenvalue weighted by Gasteiger charge is -2.31. The zero-order valence-corrected chi connectivity index (χ0v) is 9.83.